The average molecular weight is 401 g/mol. The number of amides is 1. The van der Waals surface area contributed by atoms with Crippen LogP contribution in [0.3, 0.4) is 0 Å². The standard InChI is InChI=1S/C25H23NO4/c1-29-20-13-11-18(12-14-20)22-23(19-8-4-3-5-9-19)26(25(28)24(22)27)16-17-7-6-10-21(15-17)30-2/h3-15,23,27H,16H2,1-2H3/t23-/m1/s1. The Morgan fingerprint density at radius 2 is 1.57 bits per heavy atom. The first kappa shape index (κ1) is 19.6. The Morgan fingerprint density at radius 1 is 0.867 bits per heavy atom. The molecule has 0 spiro atoms. The van der Waals surface area contributed by atoms with Crippen molar-refractivity contribution < 1.29 is 19.4 Å². The Hall–Kier alpha value is -3.73. The van der Waals surface area contributed by atoms with Crippen LogP contribution in [0.15, 0.2) is 84.6 Å². The van der Waals surface area contributed by atoms with Gasteiger partial charge in [0.1, 0.15) is 11.5 Å². The van der Waals surface area contributed by atoms with Gasteiger partial charge in [-0.05, 0) is 41.0 Å². The molecule has 1 amide bonds. The van der Waals surface area contributed by atoms with Gasteiger partial charge in [-0.15, -0.1) is 0 Å². The highest BCUT2D eigenvalue weighted by Crippen LogP contribution is 2.44. The SMILES string of the molecule is COc1ccc(C2=C(O)C(=O)N(Cc3cccc(OC)c3)[C@@H]2c2ccccc2)cc1. The monoisotopic (exact) mass is 401 g/mol. The van der Waals surface area contributed by atoms with Gasteiger partial charge in [-0.3, -0.25) is 4.79 Å². The van der Waals surface area contributed by atoms with Crippen molar-refractivity contribution >= 4 is 11.5 Å². The summed E-state index contributed by atoms with van der Waals surface area (Å²) in [5.41, 5.74) is 3.23. The van der Waals surface area contributed by atoms with Gasteiger partial charge < -0.3 is 19.5 Å². The van der Waals surface area contributed by atoms with Crippen molar-refractivity contribution in [2.24, 2.45) is 0 Å². The normalized spacial score (nSPS) is 16.1. The van der Waals surface area contributed by atoms with Crippen molar-refractivity contribution in [3.05, 3.63) is 101 Å². The minimum Gasteiger partial charge on any atom is -0.503 e. The zero-order valence-corrected chi connectivity index (χ0v) is 16.9. The van der Waals surface area contributed by atoms with E-state index in [4.69, 9.17) is 9.47 Å². The summed E-state index contributed by atoms with van der Waals surface area (Å²) in [7, 11) is 3.22. The van der Waals surface area contributed by atoms with Gasteiger partial charge in [0, 0.05) is 12.1 Å². The molecule has 0 saturated carbocycles. The third kappa shape index (κ3) is 3.62. The number of aliphatic hydroxyl groups is 1. The van der Waals surface area contributed by atoms with E-state index in [2.05, 4.69) is 0 Å². The lowest BCUT2D eigenvalue weighted by Crippen LogP contribution is -2.29. The molecule has 0 bridgehead atoms. The van der Waals surface area contributed by atoms with Crippen LogP contribution in [0.2, 0.25) is 0 Å². The molecule has 1 heterocycles. The smallest absolute Gasteiger partial charge is 0.290 e. The van der Waals surface area contributed by atoms with Gasteiger partial charge in [0.25, 0.3) is 5.91 Å². The van der Waals surface area contributed by atoms with Crippen LogP contribution in [0.25, 0.3) is 5.57 Å². The summed E-state index contributed by atoms with van der Waals surface area (Å²) in [4.78, 5) is 14.8. The van der Waals surface area contributed by atoms with E-state index in [1.54, 1.807) is 19.1 Å². The Kier molecular flexibility index (Phi) is 5.44. The van der Waals surface area contributed by atoms with E-state index in [0.717, 1.165) is 22.4 Å². The van der Waals surface area contributed by atoms with Crippen LogP contribution in [-0.4, -0.2) is 30.1 Å². The number of aliphatic hydroxyl groups excluding tert-OH is 1. The number of methoxy groups -OCH3 is 2. The molecule has 0 aliphatic carbocycles. The third-order valence-corrected chi connectivity index (χ3v) is 5.31. The quantitative estimate of drug-likeness (QED) is 0.647. The summed E-state index contributed by atoms with van der Waals surface area (Å²) >= 11 is 0. The Labute approximate surface area is 175 Å². The fourth-order valence-electron chi connectivity index (χ4n) is 3.83. The van der Waals surface area contributed by atoms with Crippen LogP contribution in [0.5, 0.6) is 11.5 Å². The van der Waals surface area contributed by atoms with Gasteiger partial charge >= 0.3 is 0 Å². The van der Waals surface area contributed by atoms with Crippen LogP contribution in [0, 0.1) is 0 Å². The lowest BCUT2D eigenvalue weighted by molar-refractivity contribution is -0.130. The van der Waals surface area contributed by atoms with Crippen LogP contribution >= 0.6 is 0 Å². The Balaban J connectivity index is 1.77. The summed E-state index contributed by atoms with van der Waals surface area (Å²) < 4.78 is 10.6. The maximum atomic E-state index is 13.1. The summed E-state index contributed by atoms with van der Waals surface area (Å²) in [6, 6.07) is 24.3. The molecule has 30 heavy (non-hydrogen) atoms. The number of nitrogens with zero attached hydrogens (tertiary/aromatic N) is 1. The highest BCUT2D eigenvalue weighted by Gasteiger charge is 2.40. The largest absolute Gasteiger partial charge is 0.503 e. The number of carbonyl (C=O) groups excluding carboxylic acids is 1. The molecule has 0 fully saturated rings. The lowest BCUT2D eigenvalue weighted by Gasteiger charge is -2.27. The summed E-state index contributed by atoms with van der Waals surface area (Å²) in [5, 5.41) is 10.9. The zero-order chi connectivity index (χ0) is 21.1. The molecule has 3 aromatic rings. The molecule has 1 N–H and O–H groups in total. The Morgan fingerprint density at radius 3 is 2.23 bits per heavy atom. The van der Waals surface area contributed by atoms with E-state index in [0.29, 0.717) is 17.9 Å². The second-order valence-corrected chi connectivity index (χ2v) is 7.09. The second kappa shape index (κ2) is 8.33. The molecule has 4 rings (SSSR count). The zero-order valence-electron chi connectivity index (χ0n) is 16.9. The summed E-state index contributed by atoms with van der Waals surface area (Å²) in [6.45, 7) is 0.347. The van der Waals surface area contributed by atoms with Crippen molar-refractivity contribution in [1.82, 2.24) is 4.90 Å². The molecule has 1 aliphatic rings. The van der Waals surface area contributed by atoms with E-state index >= 15 is 0 Å². The maximum absolute atomic E-state index is 13.1. The number of rotatable bonds is 6. The van der Waals surface area contributed by atoms with Crippen molar-refractivity contribution in [3.63, 3.8) is 0 Å². The molecule has 1 atom stereocenters. The van der Waals surface area contributed by atoms with E-state index < -0.39 is 11.9 Å². The minimum absolute atomic E-state index is 0.225. The maximum Gasteiger partial charge on any atom is 0.290 e. The molecule has 152 valence electrons. The van der Waals surface area contributed by atoms with Gasteiger partial charge in [-0.1, -0.05) is 54.6 Å². The predicted molar refractivity (Wildman–Crippen MR) is 115 cm³/mol. The molecule has 0 radical (unpaired) electrons. The summed E-state index contributed by atoms with van der Waals surface area (Å²) in [6.07, 6.45) is 0. The van der Waals surface area contributed by atoms with Gasteiger partial charge in [0.05, 0.1) is 20.3 Å². The topological polar surface area (TPSA) is 59.0 Å². The molecule has 5 nitrogen and oxygen atoms in total. The first-order chi connectivity index (χ1) is 14.6. The molecular formula is C25H23NO4. The second-order valence-electron chi connectivity index (χ2n) is 7.09. The number of carbonyl (C=O) groups is 1. The van der Waals surface area contributed by atoms with Crippen LogP contribution in [0.4, 0.5) is 0 Å². The molecule has 0 aromatic heterocycles. The number of hydrogen-bond acceptors (Lipinski definition) is 4. The first-order valence-electron chi connectivity index (χ1n) is 9.68. The third-order valence-electron chi connectivity index (χ3n) is 5.31. The average Bonchev–Trinajstić information content (AvgIpc) is 3.05. The highest BCUT2D eigenvalue weighted by molar-refractivity contribution is 6.05. The Bertz CT molecular complexity index is 1070. The predicted octanol–water partition coefficient (Wildman–Crippen LogP) is 4.76. The summed E-state index contributed by atoms with van der Waals surface area (Å²) in [5.74, 6) is 0.824. The first-order valence-corrected chi connectivity index (χ1v) is 9.68. The molecule has 1 aliphatic heterocycles. The van der Waals surface area contributed by atoms with Crippen molar-refractivity contribution in [2.75, 3.05) is 14.2 Å². The molecule has 3 aromatic carbocycles. The highest BCUT2D eigenvalue weighted by atomic mass is 16.5. The molecular weight excluding hydrogens is 378 g/mol. The van der Waals surface area contributed by atoms with Crippen LogP contribution in [0.1, 0.15) is 22.7 Å². The van der Waals surface area contributed by atoms with Gasteiger partial charge in [0.15, 0.2) is 5.76 Å². The number of hydrogen-bond donors (Lipinski definition) is 1. The van der Waals surface area contributed by atoms with Crippen molar-refractivity contribution in [1.29, 1.82) is 0 Å². The fourth-order valence-corrected chi connectivity index (χ4v) is 3.83. The number of ether oxygens (including phenoxy) is 2. The van der Waals surface area contributed by atoms with E-state index in [1.165, 1.54) is 0 Å². The fraction of sp³-hybridized carbons (Fsp3) is 0.160. The van der Waals surface area contributed by atoms with E-state index in [-0.39, 0.29) is 5.76 Å². The van der Waals surface area contributed by atoms with Gasteiger partial charge in [-0.25, -0.2) is 0 Å². The lowest BCUT2D eigenvalue weighted by atomic mass is 9.93. The van der Waals surface area contributed by atoms with Gasteiger partial charge in [-0.2, -0.15) is 0 Å². The van der Waals surface area contributed by atoms with Gasteiger partial charge in [0.2, 0.25) is 0 Å². The van der Waals surface area contributed by atoms with E-state index in [1.807, 2.05) is 78.9 Å². The molecule has 0 unspecified atom stereocenters. The van der Waals surface area contributed by atoms with E-state index in [9.17, 15) is 9.90 Å². The molecule has 5 heteroatoms. The van der Waals surface area contributed by atoms with Crippen LogP contribution in [-0.2, 0) is 11.3 Å². The van der Waals surface area contributed by atoms with Crippen molar-refractivity contribution in [3.8, 4) is 11.5 Å². The van der Waals surface area contributed by atoms with Crippen LogP contribution < -0.4 is 9.47 Å². The molecule has 0 saturated heterocycles. The van der Waals surface area contributed by atoms with Crippen molar-refractivity contribution in [2.45, 2.75) is 12.6 Å². The number of benzene rings is 3. The minimum atomic E-state index is -0.404.